The maximum atomic E-state index is 14.1. The Bertz CT molecular complexity index is 1030. The van der Waals surface area contributed by atoms with Crippen LogP contribution < -0.4 is 0 Å². The SMILES string of the molecule is COCc1c(-c2nc(-c3cc[c]cc3)no2)nnn1-c1ccccc1F. The van der Waals surface area contributed by atoms with E-state index in [0.717, 1.165) is 5.56 Å². The van der Waals surface area contributed by atoms with E-state index in [-0.39, 0.29) is 18.2 Å². The fourth-order valence-electron chi connectivity index (χ4n) is 2.52. The van der Waals surface area contributed by atoms with Crippen molar-refractivity contribution < 1.29 is 13.7 Å². The summed E-state index contributed by atoms with van der Waals surface area (Å²) in [5.74, 6) is 0.174. The van der Waals surface area contributed by atoms with Crippen molar-refractivity contribution in [1.82, 2.24) is 25.1 Å². The number of ether oxygens (including phenoxy) is 1. The van der Waals surface area contributed by atoms with Crippen LogP contribution in [0.4, 0.5) is 4.39 Å². The van der Waals surface area contributed by atoms with Crippen molar-refractivity contribution in [3.8, 4) is 28.7 Å². The second kappa shape index (κ2) is 6.85. The molecule has 1 radical (unpaired) electrons. The lowest BCUT2D eigenvalue weighted by atomic mass is 10.2. The fourth-order valence-corrected chi connectivity index (χ4v) is 2.52. The molecule has 4 aromatic rings. The van der Waals surface area contributed by atoms with E-state index >= 15 is 0 Å². The summed E-state index contributed by atoms with van der Waals surface area (Å²) in [5, 5.41) is 12.1. The van der Waals surface area contributed by atoms with Crippen LogP contribution in [0, 0.1) is 11.9 Å². The van der Waals surface area contributed by atoms with Crippen molar-refractivity contribution in [3.05, 3.63) is 66.1 Å². The molecule has 0 N–H and O–H groups in total. The van der Waals surface area contributed by atoms with E-state index in [9.17, 15) is 4.39 Å². The van der Waals surface area contributed by atoms with Gasteiger partial charge in [-0.15, -0.1) is 5.10 Å². The minimum atomic E-state index is -0.423. The topological polar surface area (TPSA) is 78.9 Å². The number of hydrogen-bond donors (Lipinski definition) is 0. The molecule has 0 atom stereocenters. The van der Waals surface area contributed by atoms with E-state index in [0.29, 0.717) is 17.2 Å². The fraction of sp³-hybridized carbons (Fsp3) is 0.111. The van der Waals surface area contributed by atoms with Gasteiger partial charge in [-0.1, -0.05) is 46.8 Å². The highest BCUT2D eigenvalue weighted by Gasteiger charge is 2.22. The van der Waals surface area contributed by atoms with Crippen LogP contribution in [-0.4, -0.2) is 32.2 Å². The van der Waals surface area contributed by atoms with Crippen molar-refractivity contribution >= 4 is 0 Å². The summed E-state index contributed by atoms with van der Waals surface area (Å²) in [5.41, 5.74) is 1.90. The average molecular weight is 350 g/mol. The van der Waals surface area contributed by atoms with E-state index < -0.39 is 5.82 Å². The van der Waals surface area contributed by atoms with Gasteiger partial charge in [0.25, 0.3) is 5.89 Å². The lowest BCUT2D eigenvalue weighted by Gasteiger charge is -2.06. The lowest BCUT2D eigenvalue weighted by molar-refractivity contribution is 0.179. The molecule has 0 aliphatic carbocycles. The Labute approximate surface area is 148 Å². The molecule has 0 aliphatic heterocycles. The number of aromatic nitrogens is 5. The quantitative estimate of drug-likeness (QED) is 0.550. The molecule has 8 heteroatoms. The molecule has 2 heterocycles. The number of benzene rings is 2. The van der Waals surface area contributed by atoms with Gasteiger partial charge in [-0.25, -0.2) is 9.07 Å². The molecule has 0 spiro atoms. The summed E-state index contributed by atoms with van der Waals surface area (Å²) in [7, 11) is 1.53. The third kappa shape index (κ3) is 2.86. The third-order valence-electron chi connectivity index (χ3n) is 3.73. The molecule has 0 fully saturated rings. The molecular weight excluding hydrogens is 337 g/mol. The van der Waals surface area contributed by atoms with Crippen LogP contribution >= 0.6 is 0 Å². The number of nitrogens with zero attached hydrogens (tertiary/aromatic N) is 5. The predicted octanol–water partition coefficient (Wildman–Crippen LogP) is 3.07. The Morgan fingerprint density at radius 2 is 2.00 bits per heavy atom. The molecule has 0 unspecified atom stereocenters. The molecule has 0 bridgehead atoms. The summed E-state index contributed by atoms with van der Waals surface area (Å²) < 4.78 is 26.1. The summed E-state index contributed by atoms with van der Waals surface area (Å²) in [6.07, 6.45) is 0. The minimum absolute atomic E-state index is 0.147. The highest BCUT2D eigenvalue weighted by Crippen LogP contribution is 2.26. The molecule has 0 amide bonds. The highest BCUT2D eigenvalue weighted by molar-refractivity contribution is 5.59. The summed E-state index contributed by atoms with van der Waals surface area (Å²) in [4.78, 5) is 4.37. The molecule has 0 aliphatic rings. The maximum absolute atomic E-state index is 14.1. The molecule has 4 rings (SSSR count). The number of para-hydroxylation sites is 1. The largest absolute Gasteiger partial charge is 0.378 e. The summed E-state index contributed by atoms with van der Waals surface area (Å²) in [6, 6.07) is 16.4. The van der Waals surface area contributed by atoms with E-state index in [2.05, 4.69) is 26.5 Å². The van der Waals surface area contributed by atoms with Crippen LogP contribution in [0.5, 0.6) is 0 Å². The first-order chi connectivity index (χ1) is 12.8. The number of methoxy groups -OCH3 is 1. The molecule has 7 nitrogen and oxygen atoms in total. The number of hydrogen-bond acceptors (Lipinski definition) is 6. The van der Waals surface area contributed by atoms with Crippen LogP contribution in [0.1, 0.15) is 5.69 Å². The summed E-state index contributed by atoms with van der Waals surface area (Å²) in [6.45, 7) is 0.147. The van der Waals surface area contributed by atoms with Gasteiger partial charge in [0.2, 0.25) is 5.82 Å². The van der Waals surface area contributed by atoms with Gasteiger partial charge in [0.1, 0.15) is 17.2 Å². The van der Waals surface area contributed by atoms with Crippen molar-refractivity contribution in [2.45, 2.75) is 6.61 Å². The lowest BCUT2D eigenvalue weighted by Crippen LogP contribution is -2.06. The number of halogens is 1. The zero-order valence-corrected chi connectivity index (χ0v) is 13.8. The first-order valence-corrected chi connectivity index (χ1v) is 7.77. The van der Waals surface area contributed by atoms with Crippen molar-refractivity contribution in [2.75, 3.05) is 7.11 Å². The Kier molecular flexibility index (Phi) is 4.24. The molecule has 26 heavy (non-hydrogen) atoms. The zero-order valence-electron chi connectivity index (χ0n) is 13.8. The van der Waals surface area contributed by atoms with E-state index in [1.807, 2.05) is 12.1 Å². The standard InChI is InChI=1S/C18H13FN5O2/c1-25-11-15-16(21-23-24(15)14-10-6-5-9-13(14)19)18-20-17(22-26-18)12-7-3-2-4-8-12/h3-10H,11H2,1H3. The Balaban J connectivity index is 1.78. The van der Waals surface area contributed by atoms with E-state index in [1.54, 1.807) is 30.3 Å². The predicted molar refractivity (Wildman–Crippen MR) is 89.6 cm³/mol. The third-order valence-corrected chi connectivity index (χ3v) is 3.73. The first-order valence-electron chi connectivity index (χ1n) is 7.77. The van der Waals surface area contributed by atoms with E-state index in [4.69, 9.17) is 9.26 Å². The van der Waals surface area contributed by atoms with Crippen LogP contribution in [0.25, 0.3) is 28.7 Å². The van der Waals surface area contributed by atoms with Gasteiger partial charge in [0.05, 0.1) is 6.61 Å². The van der Waals surface area contributed by atoms with Crippen molar-refractivity contribution in [2.24, 2.45) is 0 Å². The van der Waals surface area contributed by atoms with Crippen LogP contribution in [0.2, 0.25) is 0 Å². The summed E-state index contributed by atoms with van der Waals surface area (Å²) >= 11 is 0. The minimum Gasteiger partial charge on any atom is -0.378 e. The smallest absolute Gasteiger partial charge is 0.280 e. The van der Waals surface area contributed by atoms with Gasteiger partial charge < -0.3 is 9.26 Å². The van der Waals surface area contributed by atoms with Gasteiger partial charge in [0.15, 0.2) is 5.69 Å². The van der Waals surface area contributed by atoms with Crippen LogP contribution in [0.15, 0.2) is 53.1 Å². The van der Waals surface area contributed by atoms with Crippen molar-refractivity contribution in [3.63, 3.8) is 0 Å². The molecule has 0 saturated carbocycles. The molecule has 129 valence electrons. The molecule has 2 aromatic carbocycles. The normalized spacial score (nSPS) is 11.0. The van der Waals surface area contributed by atoms with Crippen LogP contribution in [0.3, 0.4) is 0 Å². The van der Waals surface area contributed by atoms with Gasteiger partial charge in [-0.2, -0.15) is 4.98 Å². The molecule has 0 saturated heterocycles. The van der Waals surface area contributed by atoms with Gasteiger partial charge >= 0.3 is 0 Å². The number of rotatable bonds is 5. The van der Waals surface area contributed by atoms with E-state index in [1.165, 1.54) is 17.9 Å². The van der Waals surface area contributed by atoms with Gasteiger partial charge in [-0.3, -0.25) is 0 Å². The Hall–Kier alpha value is -3.39. The zero-order chi connectivity index (χ0) is 17.9. The van der Waals surface area contributed by atoms with Crippen LogP contribution in [-0.2, 0) is 11.3 Å². The monoisotopic (exact) mass is 350 g/mol. The average Bonchev–Trinajstić information content (AvgIpc) is 3.30. The second-order valence-corrected chi connectivity index (χ2v) is 5.39. The maximum Gasteiger partial charge on any atom is 0.280 e. The first kappa shape index (κ1) is 16.1. The van der Waals surface area contributed by atoms with Gasteiger partial charge in [-0.05, 0) is 18.2 Å². The molecular formula is C18H13FN5O2. The Morgan fingerprint density at radius 3 is 2.77 bits per heavy atom. The highest BCUT2D eigenvalue weighted by atomic mass is 19.1. The van der Waals surface area contributed by atoms with Gasteiger partial charge in [0, 0.05) is 12.7 Å². The van der Waals surface area contributed by atoms with Crippen molar-refractivity contribution in [1.29, 1.82) is 0 Å². The Morgan fingerprint density at radius 1 is 1.19 bits per heavy atom. The molecule has 2 aromatic heterocycles. The second-order valence-electron chi connectivity index (χ2n) is 5.39.